The summed E-state index contributed by atoms with van der Waals surface area (Å²) in [5.74, 6) is 0.168. The van der Waals surface area contributed by atoms with Gasteiger partial charge in [-0.25, -0.2) is 0 Å². The molecule has 1 atom stereocenters. The first-order valence-electron chi connectivity index (χ1n) is 4.98. The molecule has 0 bridgehead atoms. The molecule has 3 N–H and O–H groups in total. The van der Waals surface area contributed by atoms with E-state index in [-0.39, 0.29) is 17.2 Å². The SMILES string of the molecule is CC(C)(C)C(N)/C(O)=C/c1ccccn1. The second-order valence-corrected chi connectivity index (χ2v) is 4.67. The Hall–Kier alpha value is -1.35. The highest BCUT2D eigenvalue weighted by Crippen LogP contribution is 2.22. The Balaban J connectivity index is 2.86. The summed E-state index contributed by atoms with van der Waals surface area (Å²) in [6.07, 6.45) is 3.29. The summed E-state index contributed by atoms with van der Waals surface area (Å²) >= 11 is 0. The van der Waals surface area contributed by atoms with Crippen LogP contribution in [0.3, 0.4) is 0 Å². The van der Waals surface area contributed by atoms with Gasteiger partial charge in [0.2, 0.25) is 0 Å². The average molecular weight is 206 g/mol. The number of rotatable bonds is 2. The zero-order chi connectivity index (χ0) is 11.5. The summed E-state index contributed by atoms with van der Waals surface area (Å²) < 4.78 is 0. The maximum Gasteiger partial charge on any atom is 0.112 e. The molecule has 1 rings (SSSR count). The molecule has 0 aliphatic rings. The number of nitrogens with two attached hydrogens (primary N) is 1. The molecule has 1 aromatic rings. The van der Waals surface area contributed by atoms with Gasteiger partial charge in [-0.3, -0.25) is 4.98 Å². The van der Waals surface area contributed by atoms with Crippen molar-refractivity contribution in [3.63, 3.8) is 0 Å². The number of nitrogens with zero attached hydrogens (tertiary/aromatic N) is 1. The Bertz CT molecular complexity index is 338. The average Bonchev–Trinajstić information content (AvgIpc) is 2.16. The van der Waals surface area contributed by atoms with Crippen molar-refractivity contribution >= 4 is 6.08 Å². The van der Waals surface area contributed by atoms with Crippen LogP contribution in [-0.4, -0.2) is 16.1 Å². The van der Waals surface area contributed by atoms with E-state index >= 15 is 0 Å². The van der Waals surface area contributed by atoms with Crippen molar-refractivity contribution in [3.05, 3.63) is 35.8 Å². The lowest BCUT2D eigenvalue weighted by molar-refractivity contribution is 0.266. The number of aliphatic hydroxyl groups excluding tert-OH is 1. The minimum atomic E-state index is -0.375. The van der Waals surface area contributed by atoms with Crippen molar-refractivity contribution in [1.82, 2.24) is 4.98 Å². The molecule has 82 valence electrons. The Morgan fingerprint density at radius 1 is 1.47 bits per heavy atom. The lowest BCUT2D eigenvalue weighted by Gasteiger charge is -2.26. The molecule has 0 radical (unpaired) electrons. The van der Waals surface area contributed by atoms with Gasteiger partial charge in [0.05, 0.1) is 11.7 Å². The third-order valence-electron chi connectivity index (χ3n) is 2.24. The topological polar surface area (TPSA) is 59.1 Å². The van der Waals surface area contributed by atoms with E-state index in [9.17, 15) is 5.11 Å². The van der Waals surface area contributed by atoms with Crippen LogP contribution in [0.15, 0.2) is 30.2 Å². The van der Waals surface area contributed by atoms with E-state index in [0.29, 0.717) is 0 Å². The number of hydrogen-bond donors (Lipinski definition) is 2. The smallest absolute Gasteiger partial charge is 0.112 e. The van der Waals surface area contributed by atoms with E-state index in [2.05, 4.69) is 4.98 Å². The molecule has 0 aliphatic heterocycles. The number of pyridine rings is 1. The normalized spacial score (nSPS) is 15.1. The van der Waals surface area contributed by atoms with Gasteiger partial charge in [-0.05, 0) is 17.5 Å². The lowest BCUT2D eigenvalue weighted by atomic mass is 9.86. The molecule has 1 aromatic heterocycles. The molecule has 0 saturated heterocycles. The van der Waals surface area contributed by atoms with Gasteiger partial charge in [0, 0.05) is 12.3 Å². The lowest BCUT2D eigenvalue weighted by Crippen LogP contribution is -2.36. The Morgan fingerprint density at radius 3 is 2.60 bits per heavy atom. The highest BCUT2D eigenvalue weighted by atomic mass is 16.3. The van der Waals surface area contributed by atoms with Gasteiger partial charge in [0.25, 0.3) is 0 Å². The summed E-state index contributed by atoms with van der Waals surface area (Å²) in [5.41, 5.74) is 6.46. The number of aromatic nitrogens is 1. The van der Waals surface area contributed by atoms with Crippen molar-refractivity contribution in [1.29, 1.82) is 0 Å². The van der Waals surface area contributed by atoms with Gasteiger partial charge in [0.1, 0.15) is 5.76 Å². The second kappa shape index (κ2) is 4.45. The largest absolute Gasteiger partial charge is 0.511 e. The molecule has 0 aliphatic carbocycles. The minimum absolute atomic E-state index is 0.157. The van der Waals surface area contributed by atoms with Crippen LogP contribution in [0.25, 0.3) is 6.08 Å². The highest BCUT2D eigenvalue weighted by Gasteiger charge is 2.23. The van der Waals surface area contributed by atoms with Crippen LogP contribution in [0.5, 0.6) is 0 Å². The summed E-state index contributed by atoms with van der Waals surface area (Å²) in [6.45, 7) is 5.96. The van der Waals surface area contributed by atoms with Crippen molar-refractivity contribution in [3.8, 4) is 0 Å². The predicted octanol–water partition coefficient (Wildman–Crippen LogP) is 2.35. The zero-order valence-corrected chi connectivity index (χ0v) is 9.44. The molecule has 1 unspecified atom stereocenters. The summed E-state index contributed by atoms with van der Waals surface area (Å²) in [5, 5.41) is 9.80. The third kappa shape index (κ3) is 3.36. The third-order valence-corrected chi connectivity index (χ3v) is 2.24. The maximum atomic E-state index is 9.80. The molecule has 0 spiro atoms. The van der Waals surface area contributed by atoms with Crippen molar-refractivity contribution < 1.29 is 5.11 Å². The standard InChI is InChI=1S/C12H18N2O/c1-12(2,3)11(13)10(15)8-9-6-4-5-7-14-9/h4-8,11,15H,13H2,1-3H3/b10-8-. The predicted molar refractivity (Wildman–Crippen MR) is 62.3 cm³/mol. The monoisotopic (exact) mass is 206 g/mol. The molecule has 3 heteroatoms. The van der Waals surface area contributed by atoms with Crippen molar-refractivity contribution in [2.75, 3.05) is 0 Å². The van der Waals surface area contributed by atoms with Crippen LogP contribution in [0, 0.1) is 5.41 Å². The van der Waals surface area contributed by atoms with Crippen LogP contribution in [-0.2, 0) is 0 Å². The summed E-state index contributed by atoms with van der Waals surface area (Å²) in [7, 11) is 0. The Labute approximate surface area is 90.7 Å². The number of hydrogen-bond acceptors (Lipinski definition) is 3. The first kappa shape index (κ1) is 11.7. The van der Waals surface area contributed by atoms with E-state index in [4.69, 9.17) is 5.73 Å². The zero-order valence-electron chi connectivity index (χ0n) is 9.44. The quantitative estimate of drug-likeness (QED) is 0.730. The molecular weight excluding hydrogens is 188 g/mol. The minimum Gasteiger partial charge on any atom is -0.511 e. The molecule has 0 saturated carbocycles. The van der Waals surface area contributed by atoms with Crippen molar-refractivity contribution in [2.45, 2.75) is 26.8 Å². The van der Waals surface area contributed by atoms with E-state index in [1.54, 1.807) is 12.3 Å². The van der Waals surface area contributed by atoms with Crippen LogP contribution in [0.4, 0.5) is 0 Å². The van der Waals surface area contributed by atoms with E-state index in [1.807, 2.05) is 39.0 Å². The van der Waals surface area contributed by atoms with Crippen LogP contribution >= 0.6 is 0 Å². The first-order valence-corrected chi connectivity index (χ1v) is 4.98. The van der Waals surface area contributed by atoms with Gasteiger partial charge in [0.15, 0.2) is 0 Å². The Kier molecular flexibility index (Phi) is 3.48. The highest BCUT2D eigenvalue weighted by molar-refractivity contribution is 5.47. The van der Waals surface area contributed by atoms with Gasteiger partial charge < -0.3 is 10.8 Å². The number of aliphatic hydroxyl groups is 1. The summed E-state index contributed by atoms with van der Waals surface area (Å²) in [6, 6.07) is 5.15. The van der Waals surface area contributed by atoms with Crippen LogP contribution in [0.2, 0.25) is 0 Å². The Morgan fingerprint density at radius 2 is 2.13 bits per heavy atom. The molecule has 15 heavy (non-hydrogen) atoms. The van der Waals surface area contributed by atoms with Gasteiger partial charge in [-0.15, -0.1) is 0 Å². The fraction of sp³-hybridized carbons (Fsp3) is 0.417. The molecule has 1 heterocycles. The molecular formula is C12H18N2O. The fourth-order valence-electron chi connectivity index (χ4n) is 1.15. The molecule has 3 nitrogen and oxygen atoms in total. The van der Waals surface area contributed by atoms with E-state index in [1.165, 1.54) is 0 Å². The maximum absolute atomic E-state index is 9.80. The van der Waals surface area contributed by atoms with Crippen LogP contribution < -0.4 is 5.73 Å². The van der Waals surface area contributed by atoms with Gasteiger partial charge in [-0.1, -0.05) is 26.8 Å². The van der Waals surface area contributed by atoms with Crippen LogP contribution in [0.1, 0.15) is 26.5 Å². The van der Waals surface area contributed by atoms with Crippen molar-refractivity contribution in [2.24, 2.45) is 11.1 Å². The molecule has 0 amide bonds. The van der Waals surface area contributed by atoms with Gasteiger partial charge >= 0.3 is 0 Å². The second-order valence-electron chi connectivity index (χ2n) is 4.67. The van der Waals surface area contributed by atoms with E-state index < -0.39 is 0 Å². The molecule has 0 fully saturated rings. The summed E-state index contributed by atoms with van der Waals surface area (Å²) in [4.78, 5) is 4.09. The van der Waals surface area contributed by atoms with E-state index in [0.717, 1.165) is 5.69 Å². The fourth-order valence-corrected chi connectivity index (χ4v) is 1.15. The first-order chi connectivity index (χ1) is 6.91. The molecule has 0 aromatic carbocycles. The van der Waals surface area contributed by atoms with Gasteiger partial charge in [-0.2, -0.15) is 0 Å².